The summed E-state index contributed by atoms with van der Waals surface area (Å²) in [4.78, 5) is 14.4. The Balaban J connectivity index is 0.000000486. The first-order valence-electron chi connectivity index (χ1n) is 8.25. The van der Waals surface area contributed by atoms with E-state index < -0.39 is 7.82 Å². The number of aromatic amines is 1. The molecule has 5 nitrogen and oxygen atoms in total. The standard InChI is InChI=1S/C14H19NO4P.C5H5.Fe/c16-20(17,19-11-8-14-7-9-15-12-14)18-10-3-6-13-4-1-2-5-13;1-2-4-5-3-1;/h1-2,4-5,7,9,12,15H,3,6,8,10-11H2,(H,16,17);1-5H;/q2*-1;+2/p-1. The fraction of sp³-hybridized carbons (Fsp3) is 0.263. The van der Waals surface area contributed by atoms with Gasteiger partial charge in [-0.25, -0.2) is 24.3 Å². The largest absolute Gasteiger partial charge is 2.00 e. The molecule has 1 N–H and O–H groups in total. The first-order valence-corrected chi connectivity index (χ1v) is 9.71. The molecule has 0 spiro atoms. The van der Waals surface area contributed by atoms with Gasteiger partial charge in [0.1, 0.15) is 0 Å². The molecular formula is C19H23FeNO4P-. The number of phosphoric ester groups is 1. The Bertz CT molecular complexity index is 679. The molecule has 0 radical (unpaired) electrons. The van der Waals surface area contributed by atoms with Crippen LogP contribution in [0.3, 0.4) is 0 Å². The summed E-state index contributed by atoms with van der Waals surface area (Å²) in [6, 6.07) is 19.8. The van der Waals surface area contributed by atoms with Gasteiger partial charge in [0.25, 0.3) is 7.82 Å². The van der Waals surface area contributed by atoms with Crippen molar-refractivity contribution in [3.8, 4) is 0 Å². The first-order chi connectivity index (χ1) is 12.2. The summed E-state index contributed by atoms with van der Waals surface area (Å²) in [5.74, 6) is 0. The van der Waals surface area contributed by atoms with Crippen molar-refractivity contribution in [1.29, 1.82) is 0 Å². The van der Waals surface area contributed by atoms with Crippen molar-refractivity contribution in [2.24, 2.45) is 0 Å². The van der Waals surface area contributed by atoms with Gasteiger partial charge in [0.05, 0.1) is 13.2 Å². The number of hydrogen-bond acceptors (Lipinski definition) is 4. The van der Waals surface area contributed by atoms with E-state index in [2.05, 4.69) is 4.98 Å². The number of H-pyrrole nitrogens is 1. The van der Waals surface area contributed by atoms with Crippen LogP contribution in [0.2, 0.25) is 0 Å². The molecule has 0 amide bonds. The monoisotopic (exact) mass is 416 g/mol. The average molecular weight is 416 g/mol. The number of aryl methyl sites for hydroxylation is 1. The average Bonchev–Trinajstić information content (AvgIpc) is 3.36. The molecule has 142 valence electrons. The Morgan fingerprint density at radius 2 is 1.81 bits per heavy atom. The molecule has 1 heterocycles. The maximum atomic E-state index is 11.5. The third-order valence-corrected chi connectivity index (χ3v) is 4.45. The number of aromatic nitrogens is 1. The maximum absolute atomic E-state index is 11.5. The zero-order valence-electron chi connectivity index (χ0n) is 14.4. The van der Waals surface area contributed by atoms with Crippen molar-refractivity contribution >= 4 is 7.82 Å². The van der Waals surface area contributed by atoms with Crippen molar-refractivity contribution in [2.75, 3.05) is 13.2 Å². The van der Waals surface area contributed by atoms with Gasteiger partial charge in [-0.3, -0.25) is 4.57 Å². The molecule has 2 aromatic carbocycles. The van der Waals surface area contributed by atoms with Crippen molar-refractivity contribution < 1.29 is 35.6 Å². The minimum atomic E-state index is -4.18. The molecule has 7 heteroatoms. The maximum Gasteiger partial charge on any atom is 2.00 e. The number of nitrogens with one attached hydrogen (secondary N) is 1. The van der Waals surface area contributed by atoms with Crippen LogP contribution in [0.5, 0.6) is 0 Å². The molecule has 0 saturated heterocycles. The fourth-order valence-electron chi connectivity index (χ4n) is 2.18. The van der Waals surface area contributed by atoms with Crippen molar-refractivity contribution in [1.82, 2.24) is 4.98 Å². The molecule has 0 aliphatic rings. The topological polar surface area (TPSA) is 74.4 Å². The molecule has 0 fully saturated rings. The van der Waals surface area contributed by atoms with Crippen LogP contribution in [0.15, 0.2) is 73.1 Å². The van der Waals surface area contributed by atoms with Crippen LogP contribution in [0.4, 0.5) is 0 Å². The van der Waals surface area contributed by atoms with E-state index in [9.17, 15) is 9.46 Å². The molecule has 26 heavy (non-hydrogen) atoms. The van der Waals surface area contributed by atoms with Crippen LogP contribution < -0.4 is 4.89 Å². The van der Waals surface area contributed by atoms with Gasteiger partial charge >= 0.3 is 17.1 Å². The molecule has 0 aliphatic carbocycles. The van der Waals surface area contributed by atoms with E-state index in [1.807, 2.05) is 60.7 Å². The first kappa shape index (κ1) is 22.7. The van der Waals surface area contributed by atoms with E-state index in [-0.39, 0.29) is 30.3 Å². The Morgan fingerprint density at radius 1 is 1.04 bits per heavy atom. The number of rotatable bonds is 9. The number of phosphoric acid groups is 1. The molecule has 1 unspecified atom stereocenters. The van der Waals surface area contributed by atoms with Crippen molar-refractivity contribution in [3.63, 3.8) is 0 Å². The smallest absolute Gasteiger partial charge is 0.756 e. The summed E-state index contributed by atoms with van der Waals surface area (Å²) < 4.78 is 21.1. The van der Waals surface area contributed by atoms with Crippen LogP contribution in [0.25, 0.3) is 0 Å². The van der Waals surface area contributed by atoms with Gasteiger partial charge in [-0.2, -0.15) is 35.9 Å². The quantitative estimate of drug-likeness (QED) is 0.249. The molecule has 3 rings (SSSR count). The zero-order chi connectivity index (χ0) is 17.8. The summed E-state index contributed by atoms with van der Waals surface area (Å²) in [5, 5.41) is 0. The molecular weight excluding hydrogens is 393 g/mol. The van der Waals surface area contributed by atoms with Gasteiger partial charge in [-0.05, 0) is 30.9 Å². The third-order valence-electron chi connectivity index (χ3n) is 3.45. The van der Waals surface area contributed by atoms with Crippen LogP contribution >= 0.6 is 7.82 Å². The summed E-state index contributed by atoms with van der Waals surface area (Å²) in [6.45, 7) is 0.248. The second-order valence-corrected chi connectivity index (χ2v) is 6.85. The molecule has 0 saturated carbocycles. The number of hydrogen-bond donors (Lipinski definition) is 1. The second-order valence-electron chi connectivity index (χ2n) is 5.44. The summed E-state index contributed by atoms with van der Waals surface area (Å²) in [7, 11) is -4.18. The van der Waals surface area contributed by atoms with E-state index in [1.54, 1.807) is 12.4 Å². The molecule has 1 atom stereocenters. The third kappa shape index (κ3) is 9.93. The van der Waals surface area contributed by atoms with Crippen LogP contribution in [0.1, 0.15) is 17.5 Å². The fourth-order valence-corrected chi connectivity index (χ4v) is 2.92. The SMILES string of the molecule is O=P([O-])(OCCCc1ccc[cH-]1)OCCc1cc[nH]c1.[Fe+2].c1cc[cH-]c1. The Labute approximate surface area is 165 Å². The van der Waals surface area contributed by atoms with E-state index in [0.29, 0.717) is 12.8 Å². The molecule has 3 aromatic rings. The van der Waals surface area contributed by atoms with E-state index in [4.69, 9.17) is 9.05 Å². The normalized spacial score (nSPS) is 12.5. The van der Waals surface area contributed by atoms with Gasteiger partial charge in [0, 0.05) is 12.4 Å². The molecule has 0 bridgehead atoms. The Morgan fingerprint density at radius 3 is 2.38 bits per heavy atom. The molecule has 0 aliphatic heterocycles. The van der Waals surface area contributed by atoms with Gasteiger partial charge in [-0.1, -0.05) is 0 Å². The second kappa shape index (κ2) is 12.9. The van der Waals surface area contributed by atoms with E-state index in [1.165, 1.54) is 5.56 Å². The van der Waals surface area contributed by atoms with Gasteiger partial charge in [0.15, 0.2) is 0 Å². The predicted octanol–water partition coefficient (Wildman–Crippen LogP) is 3.81. The zero-order valence-corrected chi connectivity index (χ0v) is 16.4. The van der Waals surface area contributed by atoms with Crippen molar-refractivity contribution in [3.05, 3.63) is 84.2 Å². The van der Waals surface area contributed by atoms with Crippen molar-refractivity contribution in [2.45, 2.75) is 19.3 Å². The van der Waals surface area contributed by atoms with Gasteiger partial charge in [0.2, 0.25) is 0 Å². The summed E-state index contributed by atoms with van der Waals surface area (Å²) >= 11 is 0. The Kier molecular flexibility index (Phi) is 11.2. The summed E-state index contributed by atoms with van der Waals surface area (Å²) in [5.41, 5.74) is 2.18. The van der Waals surface area contributed by atoms with E-state index >= 15 is 0 Å². The minimum Gasteiger partial charge on any atom is -0.756 e. The minimum absolute atomic E-state index is 0. The molecule has 1 aromatic heterocycles. The van der Waals surface area contributed by atoms with Gasteiger partial charge < -0.3 is 18.9 Å². The van der Waals surface area contributed by atoms with Crippen LogP contribution in [0, 0.1) is 0 Å². The predicted molar refractivity (Wildman–Crippen MR) is 96.4 cm³/mol. The van der Waals surface area contributed by atoms with Crippen LogP contribution in [-0.2, 0) is 43.5 Å². The van der Waals surface area contributed by atoms with Gasteiger partial charge in [-0.15, -0.1) is 0 Å². The Hall–Kier alpha value is -1.39. The van der Waals surface area contributed by atoms with Crippen LogP contribution in [-0.4, -0.2) is 18.2 Å². The summed E-state index contributed by atoms with van der Waals surface area (Å²) in [6.07, 6.45) is 5.58. The van der Waals surface area contributed by atoms with E-state index in [0.717, 1.165) is 12.0 Å².